The van der Waals surface area contributed by atoms with E-state index in [1.165, 1.54) is 22.3 Å². The molecule has 8 aromatic rings. The molecule has 3 unspecified atom stereocenters. The summed E-state index contributed by atoms with van der Waals surface area (Å²) in [5.74, 6) is 1.67. The van der Waals surface area contributed by atoms with Crippen LogP contribution in [0.3, 0.4) is 0 Å². The van der Waals surface area contributed by atoms with Crippen LogP contribution in [0, 0.1) is 43.2 Å². The normalized spacial score (nSPS) is 18.8. The van der Waals surface area contributed by atoms with Gasteiger partial charge in [-0.05, 0) is 103 Å². The minimum Gasteiger partial charge on any atom is -0.456 e. The van der Waals surface area contributed by atoms with Crippen LogP contribution in [0.25, 0.3) is 61.3 Å². The number of aryl methyl sites for hydroxylation is 2. The standard InChI is InChI=1S/C40H42N3O.C19H26NSi.Ir/c1-21(2)31-20-32-29-12-8-9-14-34(29)44-39(32)35(22(3)4)38(31)43-37-25(7)41-24(6)18-33(37)42-40(43)30-13-10-11-26-19-27-17-23(5)15-16-28(27)36(26)30;1-19(2,3)13-16-12-17(15-10-8-7-9-11-15)20-14-18(16)21(4,5)6;/h8-12,14,18,20-23,27-28H,15-17,19H2,1-7H3;7-10,12,14H,13H2,1-6H3;/q2*-1;/i5D3;13D2;. The number of imidazole rings is 1. The second-order valence-electron chi connectivity index (χ2n) is 21.4. The molecule has 0 amide bonds. The number of rotatable bonds is 7. The molecule has 2 aliphatic carbocycles. The number of benzene rings is 4. The van der Waals surface area contributed by atoms with Crippen molar-refractivity contribution in [2.45, 2.75) is 139 Å². The number of aromatic nitrogens is 4. The molecule has 0 spiro atoms. The van der Waals surface area contributed by atoms with Crippen LogP contribution in [0.15, 0.2) is 89.5 Å². The van der Waals surface area contributed by atoms with Crippen LogP contribution in [-0.4, -0.2) is 27.6 Å². The molecule has 3 atom stereocenters. The Morgan fingerprint density at radius 2 is 1.68 bits per heavy atom. The summed E-state index contributed by atoms with van der Waals surface area (Å²) in [6, 6.07) is 33.5. The Morgan fingerprint density at radius 3 is 2.38 bits per heavy atom. The van der Waals surface area contributed by atoms with Gasteiger partial charge in [0.25, 0.3) is 0 Å². The second kappa shape index (κ2) is 18.4. The Hall–Kier alpha value is -4.68. The zero-order valence-corrected chi connectivity index (χ0v) is 44.2. The van der Waals surface area contributed by atoms with Gasteiger partial charge in [-0.1, -0.05) is 118 Å². The number of hydrogen-bond donors (Lipinski definition) is 0. The summed E-state index contributed by atoms with van der Waals surface area (Å²) in [6.07, 6.45) is 3.72. The summed E-state index contributed by atoms with van der Waals surface area (Å²) in [6.45, 7) is 23.8. The predicted octanol–water partition coefficient (Wildman–Crippen LogP) is 15.4. The van der Waals surface area contributed by atoms with Gasteiger partial charge in [-0.25, -0.2) is 0 Å². The van der Waals surface area contributed by atoms with Crippen LogP contribution in [0.5, 0.6) is 0 Å². The molecule has 4 heterocycles. The van der Waals surface area contributed by atoms with E-state index in [1.807, 2.05) is 76.4 Å². The summed E-state index contributed by atoms with van der Waals surface area (Å²) in [5, 5.41) is 3.38. The van der Waals surface area contributed by atoms with Crippen molar-refractivity contribution in [3.63, 3.8) is 0 Å². The molecule has 5 nitrogen and oxygen atoms in total. The van der Waals surface area contributed by atoms with Crippen molar-refractivity contribution in [2.75, 3.05) is 0 Å². The molecule has 0 aliphatic heterocycles. The van der Waals surface area contributed by atoms with Gasteiger partial charge in [0.1, 0.15) is 11.2 Å². The summed E-state index contributed by atoms with van der Waals surface area (Å²) >= 11 is 0. The van der Waals surface area contributed by atoms with E-state index >= 15 is 0 Å². The first-order chi connectivity index (χ1) is 32.9. The number of nitrogens with zero attached hydrogens (tertiary/aromatic N) is 4. The van der Waals surface area contributed by atoms with Gasteiger partial charge in [-0.15, -0.1) is 70.8 Å². The average molecular weight is 1070 g/mol. The third-order valence-corrected chi connectivity index (χ3v) is 15.5. The van der Waals surface area contributed by atoms with E-state index in [4.69, 9.17) is 21.2 Å². The Bertz CT molecular complexity index is 3270. The van der Waals surface area contributed by atoms with Gasteiger partial charge in [-0.2, -0.15) is 0 Å². The molecule has 345 valence electrons. The zero-order chi connectivity index (χ0) is 50.4. The Balaban J connectivity index is 0.000000238. The van der Waals surface area contributed by atoms with Crippen LogP contribution in [0.4, 0.5) is 0 Å². The van der Waals surface area contributed by atoms with E-state index < -0.39 is 26.7 Å². The number of fused-ring (bicyclic) bond motifs is 7. The molecule has 1 radical (unpaired) electrons. The molecule has 66 heavy (non-hydrogen) atoms. The molecule has 2 aliphatic rings. The van der Waals surface area contributed by atoms with Crippen LogP contribution in [0.1, 0.15) is 138 Å². The van der Waals surface area contributed by atoms with Crippen LogP contribution in [-0.2, 0) is 32.9 Å². The maximum Gasteiger partial charge on any atom is 0.140 e. The van der Waals surface area contributed by atoms with E-state index in [9.17, 15) is 0 Å². The smallest absolute Gasteiger partial charge is 0.140 e. The maximum absolute atomic E-state index is 8.75. The van der Waals surface area contributed by atoms with E-state index in [-0.39, 0.29) is 37.9 Å². The molecule has 7 heteroatoms. The van der Waals surface area contributed by atoms with Crippen LogP contribution >= 0.6 is 0 Å². The van der Waals surface area contributed by atoms with Crippen molar-refractivity contribution in [1.82, 2.24) is 19.5 Å². The molecule has 0 saturated heterocycles. The molecule has 0 bridgehead atoms. The van der Waals surface area contributed by atoms with Gasteiger partial charge in [0.2, 0.25) is 0 Å². The molecule has 0 N–H and O–H groups in total. The monoisotopic (exact) mass is 1070 g/mol. The number of pyridine rings is 2. The van der Waals surface area contributed by atoms with Crippen molar-refractivity contribution < 1.29 is 31.4 Å². The van der Waals surface area contributed by atoms with Crippen molar-refractivity contribution in [3.8, 4) is 28.3 Å². The van der Waals surface area contributed by atoms with Gasteiger partial charge in [-0.3, -0.25) is 9.97 Å². The van der Waals surface area contributed by atoms with E-state index in [2.05, 4.69) is 112 Å². The quantitative estimate of drug-likeness (QED) is 0.118. The average Bonchev–Trinajstić information content (AvgIpc) is 3.98. The fraction of sp³-hybridized carbons (Fsp3) is 0.407. The molecule has 4 aromatic heterocycles. The third kappa shape index (κ3) is 9.05. The SMILES string of the molecule is [2H]C([2H])([2H])C1CCC2c3c(-c4nc5cc(C)nc(C)c5n4-c4c(C(C)C)cc5c(oc6ccccc65)c4C(C)C)[c-]ccc3CC2C1.[2H]C([2H])(c1cc(-c2[c-]cccc2)ncc1[Si](C)(C)C)C(C)(C)C.[Ir]. The van der Waals surface area contributed by atoms with Crippen LogP contribution in [0.2, 0.25) is 19.6 Å². The Labute approximate surface area is 415 Å². The predicted molar refractivity (Wildman–Crippen MR) is 276 cm³/mol. The second-order valence-corrected chi connectivity index (χ2v) is 26.4. The van der Waals surface area contributed by atoms with Gasteiger partial charge in [0.15, 0.2) is 0 Å². The largest absolute Gasteiger partial charge is 0.456 e. The first-order valence-electron chi connectivity index (χ1n) is 26.2. The molecule has 1 fully saturated rings. The van der Waals surface area contributed by atoms with Crippen molar-refractivity contribution in [3.05, 3.63) is 136 Å². The summed E-state index contributed by atoms with van der Waals surface area (Å²) < 4.78 is 51.0. The van der Waals surface area contributed by atoms with Gasteiger partial charge in [0.05, 0.1) is 30.6 Å². The van der Waals surface area contributed by atoms with Crippen molar-refractivity contribution >= 4 is 46.2 Å². The molecular weight excluding hydrogens is 1000 g/mol. The summed E-state index contributed by atoms with van der Waals surface area (Å²) in [5.41, 5.74) is 14.8. The van der Waals surface area contributed by atoms with Crippen molar-refractivity contribution in [1.29, 1.82) is 0 Å². The van der Waals surface area contributed by atoms with E-state index in [0.29, 0.717) is 11.8 Å². The fourth-order valence-electron chi connectivity index (χ4n) is 10.7. The third-order valence-electron chi connectivity index (χ3n) is 13.5. The Morgan fingerprint density at radius 1 is 0.909 bits per heavy atom. The molecule has 1 saturated carbocycles. The van der Waals surface area contributed by atoms with Crippen LogP contribution < -0.4 is 5.19 Å². The summed E-state index contributed by atoms with van der Waals surface area (Å²) in [7, 11) is -1.70. The van der Waals surface area contributed by atoms with Gasteiger partial charge >= 0.3 is 0 Å². The zero-order valence-electron chi connectivity index (χ0n) is 45.8. The van der Waals surface area contributed by atoms with E-state index in [1.54, 1.807) is 0 Å². The molecule has 10 rings (SSSR count). The number of hydrogen-bond acceptors (Lipinski definition) is 4. The minimum absolute atomic E-state index is 0. The first-order valence-corrected chi connectivity index (χ1v) is 27.2. The van der Waals surface area contributed by atoms with E-state index in [0.717, 1.165) is 109 Å². The minimum atomic E-state index is -1.90. The molecule has 4 aromatic carbocycles. The number of furan rings is 1. The van der Waals surface area contributed by atoms with Crippen molar-refractivity contribution in [2.24, 2.45) is 17.3 Å². The Kier molecular flexibility index (Phi) is 11.6. The summed E-state index contributed by atoms with van der Waals surface area (Å²) in [4.78, 5) is 15.0. The maximum atomic E-state index is 8.75. The number of para-hydroxylation sites is 1. The topological polar surface area (TPSA) is 56.7 Å². The fourth-order valence-corrected chi connectivity index (χ4v) is 12.1. The van der Waals surface area contributed by atoms with Gasteiger partial charge in [0, 0.05) is 60.9 Å². The first kappa shape index (κ1) is 41.5. The molecular formula is C59H68IrN4OSi-2. The van der Waals surface area contributed by atoms with Gasteiger partial charge < -0.3 is 14.0 Å².